The van der Waals surface area contributed by atoms with Crippen molar-refractivity contribution in [2.45, 2.75) is 30.5 Å². The molecule has 0 saturated carbocycles. The molecule has 100 valence electrons. The van der Waals surface area contributed by atoms with Gasteiger partial charge in [0.05, 0.1) is 4.92 Å². The minimum Gasteiger partial charge on any atom is -0.396 e. The molecule has 1 unspecified atom stereocenters. The molecule has 2 N–H and O–H groups in total. The maximum Gasteiger partial charge on any atom is 0.343 e. The lowest BCUT2D eigenvalue weighted by Crippen LogP contribution is -2.07. The van der Waals surface area contributed by atoms with Crippen LogP contribution in [0.3, 0.4) is 0 Å². The van der Waals surface area contributed by atoms with Crippen LogP contribution in [-0.2, 0) is 0 Å². The Hall–Kier alpha value is -1.41. The fraction of sp³-hybridized carbons (Fsp3) is 0.600. The zero-order valence-corrected chi connectivity index (χ0v) is 11.1. The third kappa shape index (κ3) is 3.81. The van der Waals surface area contributed by atoms with Gasteiger partial charge >= 0.3 is 5.69 Å². The smallest absolute Gasteiger partial charge is 0.343 e. The molecule has 1 rings (SSSR count). The molecule has 0 radical (unpaired) electrons. The standard InChI is InChI=1S/C10H16N4O3S/c1-3-11-9-8(14(16)17)10(13-6-12-9)18-7(2)4-5-15/h6-7,15H,3-5H2,1-2H3,(H,11,12,13). The normalized spacial score (nSPS) is 12.2. The molecule has 0 bridgehead atoms. The first-order valence-electron chi connectivity index (χ1n) is 5.60. The number of thioether (sulfide) groups is 1. The summed E-state index contributed by atoms with van der Waals surface area (Å²) in [7, 11) is 0. The Labute approximate surface area is 109 Å². The average Bonchev–Trinajstić information content (AvgIpc) is 2.29. The van der Waals surface area contributed by atoms with Crippen LogP contribution in [-0.4, -0.2) is 38.4 Å². The molecule has 0 aromatic carbocycles. The van der Waals surface area contributed by atoms with E-state index >= 15 is 0 Å². The van der Waals surface area contributed by atoms with Crippen molar-refractivity contribution in [1.82, 2.24) is 9.97 Å². The molecule has 1 atom stereocenters. The predicted molar refractivity (Wildman–Crippen MR) is 69.9 cm³/mol. The minimum absolute atomic E-state index is 0.0487. The molecule has 1 heterocycles. The summed E-state index contributed by atoms with van der Waals surface area (Å²) in [5.74, 6) is 0.233. The molecule has 0 amide bonds. The van der Waals surface area contributed by atoms with E-state index < -0.39 is 4.92 Å². The summed E-state index contributed by atoms with van der Waals surface area (Å²) in [5, 5.41) is 23.1. The van der Waals surface area contributed by atoms with Crippen molar-refractivity contribution in [3.63, 3.8) is 0 Å². The molecule has 8 heteroatoms. The molecule has 0 saturated heterocycles. The Morgan fingerprint density at radius 3 is 2.89 bits per heavy atom. The third-order valence-electron chi connectivity index (χ3n) is 2.16. The van der Waals surface area contributed by atoms with Crippen LogP contribution >= 0.6 is 11.8 Å². The van der Waals surface area contributed by atoms with E-state index in [1.165, 1.54) is 18.1 Å². The van der Waals surface area contributed by atoms with Gasteiger partial charge in [-0.05, 0) is 13.3 Å². The zero-order valence-electron chi connectivity index (χ0n) is 10.3. The van der Waals surface area contributed by atoms with E-state index in [0.29, 0.717) is 18.0 Å². The Morgan fingerprint density at radius 2 is 2.33 bits per heavy atom. The molecular formula is C10H16N4O3S. The first-order valence-corrected chi connectivity index (χ1v) is 6.48. The maximum atomic E-state index is 11.1. The van der Waals surface area contributed by atoms with E-state index in [-0.39, 0.29) is 23.4 Å². The van der Waals surface area contributed by atoms with Gasteiger partial charge in [-0.3, -0.25) is 10.1 Å². The van der Waals surface area contributed by atoms with Gasteiger partial charge in [-0.15, -0.1) is 0 Å². The van der Waals surface area contributed by atoms with Crippen LogP contribution in [0.5, 0.6) is 0 Å². The van der Waals surface area contributed by atoms with Gasteiger partial charge in [0.2, 0.25) is 5.82 Å². The van der Waals surface area contributed by atoms with Gasteiger partial charge in [-0.2, -0.15) is 0 Å². The van der Waals surface area contributed by atoms with Gasteiger partial charge in [0.15, 0.2) is 5.03 Å². The van der Waals surface area contributed by atoms with Crippen molar-refractivity contribution in [2.75, 3.05) is 18.5 Å². The summed E-state index contributed by atoms with van der Waals surface area (Å²) in [6.07, 6.45) is 1.86. The van der Waals surface area contributed by atoms with Crippen molar-refractivity contribution in [3.8, 4) is 0 Å². The zero-order chi connectivity index (χ0) is 13.5. The van der Waals surface area contributed by atoms with Crippen LogP contribution in [0.25, 0.3) is 0 Å². The number of aliphatic hydroxyl groups is 1. The molecule has 0 spiro atoms. The van der Waals surface area contributed by atoms with Crippen LogP contribution in [0, 0.1) is 10.1 Å². The van der Waals surface area contributed by atoms with E-state index in [2.05, 4.69) is 15.3 Å². The van der Waals surface area contributed by atoms with Crippen LogP contribution in [0.1, 0.15) is 20.3 Å². The van der Waals surface area contributed by atoms with Crippen molar-refractivity contribution in [3.05, 3.63) is 16.4 Å². The highest BCUT2D eigenvalue weighted by atomic mass is 32.2. The van der Waals surface area contributed by atoms with E-state index in [0.717, 1.165) is 0 Å². The number of nitrogens with one attached hydrogen (secondary N) is 1. The second-order valence-corrected chi connectivity index (χ2v) is 5.03. The van der Waals surface area contributed by atoms with Gasteiger partial charge < -0.3 is 10.4 Å². The number of anilines is 1. The molecule has 0 aliphatic rings. The summed E-state index contributed by atoms with van der Waals surface area (Å²) in [6, 6.07) is 0. The highest BCUT2D eigenvalue weighted by molar-refractivity contribution is 8.00. The Kier molecular flexibility index (Phi) is 5.79. The van der Waals surface area contributed by atoms with E-state index in [9.17, 15) is 10.1 Å². The summed E-state index contributed by atoms with van der Waals surface area (Å²) >= 11 is 1.27. The average molecular weight is 272 g/mol. The number of aromatic nitrogens is 2. The van der Waals surface area contributed by atoms with Gasteiger partial charge in [0.25, 0.3) is 0 Å². The monoisotopic (exact) mass is 272 g/mol. The number of hydrogen-bond donors (Lipinski definition) is 2. The number of rotatable bonds is 7. The summed E-state index contributed by atoms with van der Waals surface area (Å²) in [6.45, 7) is 4.33. The topological polar surface area (TPSA) is 101 Å². The number of hydrogen-bond acceptors (Lipinski definition) is 7. The molecular weight excluding hydrogens is 256 g/mol. The Balaban J connectivity index is 3.02. The van der Waals surface area contributed by atoms with Crippen LogP contribution in [0.4, 0.5) is 11.5 Å². The molecule has 18 heavy (non-hydrogen) atoms. The molecule has 1 aromatic heterocycles. The maximum absolute atomic E-state index is 11.1. The molecule has 0 fully saturated rings. The van der Waals surface area contributed by atoms with Gasteiger partial charge in [-0.1, -0.05) is 18.7 Å². The van der Waals surface area contributed by atoms with Crippen molar-refractivity contribution >= 4 is 23.3 Å². The first kappa shape index (κ1) is 14.7. The SMILES string of the molecule is CCNc1ncnc(SC(C)CCO)c1[N+](=O)[O-]. The fourth-order valence-electron chi connectivity index (χ4n) is 1.34. The number of nitrogens with zero attached hydrogens (tertiary/aromatic N) is 3. The second-order valence-electron chi connectivity index (χ2n) is 3.60. The van der Waals surface area contributed by atoms with E-state index in [1.807, 2.05) is 13.8 Å². The molecule has 7 nitrogen and oxygen atoms in total. The minimum atomic E-state index is -0.480. The van der Waals surface area contributed by atoms with Crippen LogP contribution < -0.4 is 5.32 Å². The van der Waals surface area contributed by atoms with Crippen molar-refractivity contribution in [2.24, 2.45) is 0 Å². The Bertz CT molecular complexity index is 416. The van der Waals surface area contributed by atoms with Crippen molar-refractivity contribution in [1.29, 1.82) is 0 Å². The quantitative estimate of drug-likeness (QED) is 0.337. The highest BCUT2D eigenvalue weighted by Crippen LogP contribution is 2.34. The lowest BCUT2D eigenvalue weighted by molar-refractivity contribution is -0.387. The van der Waals surface area contributed by atoms with E-state index in [1.54, 1.807) is 0 Å². The van der Waals surface area contributed by atoms with Gasteiger partial charge in [0.1, 0.15) is 6.33 Å². The number of aliphatic hydroxyl groups excluding tert-OH is 1. The first-order chi connectivity index (χ1) is 8.60. The summed E-state index contributed by atoms with van der Waals surface area (Å²) in [4.78, 5) is 18.4. The fourth-order valence-corrected chi connectivity index (χ4v) is 2.34. The highest BCUT2D eigenvalue weighted by Gasteiger charge is 2.24. The number of nitro groups is 1. The largest absolute Gasteiger partial charge is 0.396 e. The van der Waals surface area contributed by atoms with Gasteiger partial charge in [0, 0.05) is 18.4 Å². The van der Waals surface area contributed by atoms with Crippen molar-refractivity contribution < 1.29 is 10.0 Å². The van der Waals surface area contributed by atoms with Crippen LogP contribution in [0.15, 0.2) is 11.4 Å². The molecule has 0 aliphatic carbocycles. The van der Waals surface area contributed by atoms with E-state index in [4.69, 9.17) is 5.11 Å². The summed E-state index contributed by atoms with van der Waals surface area (Å²) < 4.78 is 0. The van der Waals surface area contributed by atoms with Crippen LogP contribution in [0.2, 0.25) is 0 Å². The lowest BCUT2D eigenvalue weighted by atomic mass is 10.3. The predicted octanol–water partition coefficient (Wildman–Crippen LogP) is 1.68. The lowest BCUT2D eigenvalue weighted by Gasteiger charge is -2.10. The molecule has 0 aliphatic heterocycles. The summed E-state index contributed by atoms with van der Waals surface area (Å²) in [5.41, 5.74) is -0.103. The molecule has 1 aromatic rings. The van der Waals surface area contributed by atoms with Gasteiger partial charge in [-0.25, -0.2) is 9.97 Å². The Morgan fingerprint density at radius 1 is 1.61 bits per heavy atom. The third-order valence-corrected chi connectivity index (χ3v) is 3.32. The second kappa shape index (κ2) is 7.12.